The summed E-state index contributed by atoms with van der Waals surface area (Å²) < 4.78 is 0. The molecule has 3 aliphatic rings. The van der Waals surface area contributed by atoms with Crippen LogP contribution in [0.3, 0.4) is 0 Å². The van der Waals surface area contributed by atoms with Crippen LogP contribution in [0.5, 0.6) is 0 Å². The zero-order valence-corrected chi connectivity index (χ0v) is 12.9. The van der Waals surface area contributed by atoms with E-state index in [0.29, 0.717) is 0 Å². The fourth-order valence-electron chi connectivity index (χ4n) is 4.60. The summed E-state index contributed by atoms with van der Waals surface area (Å²) in [6, 6.07) is 1.64. The number of likely N-dealkylation sites (tertiary alicyclic amines) is 1. The van der Waals surface area contributed by atoms with Crippen molar-refractivity contribution in [3.63, 3.8) is 0 Å². The van der Waals surface area contributed by atoms with Gasteiger partial charge in [0.1, 0.15) is 0 Å². The quantitative estimate of drug-likeness (QED) is 0.841. The highest BCUT2D eigenvalue weighted by molar-refractivity contribution is 4.91. The van der Waals surface area contributed by atoms with Crippen molar-refractivity contribution in [1.82, 2.24) is 10.2 Å². The van der Waals surface area contributed by atoms with Crippen molar-refractivity contribution in [2.75, 3.05) is 19.6 Å². The van der Waals surface area contributed by atoms with E-state index < -0.39 is 0 Å². The molecule has 1 saturated carbocycles. The number of hydrogen-bond acceptors (Lipinski definition) is 2. The predicted molar refractivity (Wildman–Crippen MR) is 81.3 cm³/mol. The second-order valence-electron chi connectivity index (χ2n) is 7.64. The maximum absolute atomic E-state index is 3.98. The molecule has 1 aliphatic carbocycles. The maximum Gasteiger partial charge on any atom is 0.0197 e. The van der Waals surface area contributed by atoms with Crippen molar-refractivity contribution < 1.29 is 0 Å². The molecule has 1 N–H and O–H groups in total. The summed E-state index contributed by atoms with van der Waals surface area (Å²) in [5, 5.41) is 3.98. The molecule has 0 spiro atoms. The van der Waals surface area contributed by atoms with Crippen molar-refractivity contribution in [1.29, 1.82) is 0 Å². The van der Waals surface area contributed by atoms with Crippen LogP contribution < -0.4 is 5.32 Å². The van der Waals surface area contributed by atoms with Crippen molar-refractivity contribution >= 4 is 0 Å². The van der Waals surface area contributed by atoms with Gasteiger partial charge in [-0.1, -0.05) is 26.7 Å². The second kappa shape index (κ2) is 6.13. The topological polar surface area (TPSA) is 15.3 Å². The van der Waals surface area contributed by atoms with Gasteiger partial charge in [0.2, 0.25) is 0 Å². The predicted octanol–water partition coefficient (Wildman–Crippen LogP) is 3.28. The Hall–Kier alpha value is -0.0800. The highest BCUT2D eigenvalue weighted by Crippen LogP contribution is 2.33. The van der Waals surface area contributed by atoms with E-state index in [0.717, 1.165) is 29.8 Å². The van der Waals surface area contributed by atoms with E-state index in [1.54, 1.807) is 0 Å². The third-order valence-corrected chi connectivity index (χ3v) is 5.97. The van der Waals surface area contributed by atoms with Crippen LogP contribution in [0.1, 0.15) is 58.8 Å². The molecule has 110 valence electrons. The fourth-order valence-corrected chi connectivity index (χ4v) is 4.60. The van der Waals surface area contributed by atoms with Crippen molar-refractivity contribution in [3.8, 4) is 0 Å². The Morgan fingerprint density at radius 1 is 1.05 bits per heavy atom. The third kappa shape index (κ3) is 3.33. The minimum atomic E-state index is 0.783. The fraction of sp³-hybridized carbons (Fsp3) is 1.00. The largest absolute Gasteiger partial charge is 0.310 e. The van der Waals surface area contributed by atoms with Gasteiger partial charge in [-0.15, -0.1) is 0 Å². The molecule has 0 aromatic rings. The summed E-state index contributed by atoms with van der Waals surface area (Å²) in [7, 11) is 0. The van der Waals surface area contributed by atoms with Crippen molar-refractivity contribution in [2.45, 2.75) is 70.9 Å². The van der Waals surface area contributed by atoms with Gasteiger partial charge < -0.3 is 10.2 Å². The molecule has 4 atom stereocenters. The van der Waals surface area contributed by atoms with E-state index in [-0.39, 0.29) is 0 Å². The summed E-state index contributed by atoms with van der Waals surface area (Å²) in [6.45, 7) is 8.78. The molecule has 2 aliphatic heterocycles. The first-order valence-electron chi connectivity index (χ1n) is 8.71. The van der Waals surface area contributed by atoms with Gasteiger partial charge in [-0.3, -0.25) is 0 Å². The second-order valence-corrected chi connectivity index (χ2v) is 7.64. The Labute approximate surface area is 119 Å². The van der Waals surface area contributed by atoms with E-state index in [4.69, 9.17) is 0 Å². The first-order chi connectivity index (χ1) is 9.22. The first-order valence-corrected chi connectivity index (χ1v) is 8.71. The Kier molecular flexibility index (Phi) is 4.48. The molecule has 0 aromatic heterocycles. The van der Waals surface area contributed by atoms with Crippen LogP contribution in [0.4, 0.5) is 0 Å². The van der Waals surface area contributed by atoms with E-state index in [1.165, 1.54) is 64.6 Å². The monoisotopic (exact) mass is 264 g/mol. The summed E-state index contributed by atoms with van der Waals surface area (Å²) in [6.07, 6.45) is 10.2. The Balaban J connectivity index is 1.46. The molecule has 0 amide bonds. The van der Waals surface area contributed by atoms with Crippen molar-refractivity contribution in [2.24, 2.45) is 17.8 Å². The van der Waals surface area contributed by atoms with Crippen molar-refractivity contribution in [3.05, 3.63) is 0 Å². The van der Waals surface area contributed by atoms with Crippen LogP contribution in [0.15, 0.2) is 0 Å². The molecule has 2 heterocycles. The van der Waals surface area contributed by atoms with Crippen LogP contribution in [0.2, 0.25) is 0 Å². The van der Waals surface area contributed by atoms with Gasteiger partial charge in [0.15, 0.2) is 0 Å². The Morgan fingerprint density at radius 2 is 1.89 bits per heavy atom. The summed E-state index contributed by atoms with van der Waals surface area (Å²) in [5.41, 5.74) is 0. The minimum Gasteiger partial charge on any atom is -0.310 e. The number of rotatable bonds is 3. The lowest BCUT2D eigenvalue weighted by Crippen LogP contribution is -2.52. The van der Waals surface area contributed by atoms with Crippen LogP contribution in [0, 0.1) is 17.8 Å². The zero-order chi connectivity index (χ0) is 13.2. The third-order valence-electron chi connectivity index (χ3n) is 5.97. The van der Waals surface area contributed by atoms with Crippen LogP contribution >= 0.6 is 0 Å². The molecule has 19 heavy (non-hydrogen) atoms. The summed E-state index contributed by atoms with van der Waals surface area (Å²) in [4.78, 5) is 2.73. The number of nitrogens with one attached hydrogen (secondary N) is 1. The number of piperidine rings is 1. The lowest BCUT2D eigenvalue weighted by atomic mass is 9.78. The summed E-state index contributed by atoms with van der Waals surface area (Å²) in [5.74, 6) is 2.82. The van der Waals surface area contributed by atoms with Gasteiger partial charge in [0, 0.05) is 25.2 Å². The van der Waals surface area contributed by atoms with Crippen LogP contribution in [-0.4, -0.2) is 36.6 Å². The molecule has 4 unspecified atom stereocenters. The molecule has 3 rings (SSSR count). The van der Waals surface area contributed by atoms with Crippen LogP contribution in [0.25, 0.3) is 0 Å². The molecular weight excluding hydrogens is 232 g/mol. The number of nitrogens with zero attached hydrogens (tertiary/aromatic N) is 1. The average Bonchev–Trinajstić information content (AvgIpc) is 2.87. The Morgan fingerprint density at radius 3 is 2.68 bits per heavy atom. The standard InChI is InChI=1S/C17H32N2/c1-13(2)15-9-10-19(11-15)12-16-8-7-14-5-3-4-6-17(14)18-16/h13-18H,3-12H2,1-2H3. The highest BCUT2D eigenvalue weighted by Gasteiger charge is 2.33. The van der Waals surface area contributed by atoms with Gasteiger partial charge in [0.05, 0.1) is 0 Å². The van der Waals surface area contributed by atoms with Gasteiger partial charge in [-0.05, 0) is 56.4 Å². The first kappa shape index (κ1) is 13.9. The molecular formula is C17H32N2. The molecule has 2 saturated heterocycles. The molecule has 0 aromatic carbocycles. The van der Waals surface area contributed by atoms with E-state index in [1.807, 2.05) is 0 Å². The molecule has 0 radical (unpaired) electrons. The highest BCUT2D eigenvalue weighted by atomic mass is 15.2. The van der Waals surface area contributed by atoms with E-state index >= 15 is 0 Å². The normalized spacial score (nSPS) is 40.6. The molecule has 0 bridgehead atoms. The average molecular weight is 264 g/mol. The number of hydrogen-bond donors (Lipinski definition) is 1. The van der Waals surface area contributed by atoms with E-state index in [2.05, 4.69) is 24.1 Å². The maximum atomic E-state index is 3.98. The van der Waals surface area contributed by atoms with Gasteiger partial charge in [-0.2, -0.15) is 0 Å². The number of fused-ring (bicyclic) bond motifs is 1. The van der Waals surface area contributed by atoms with Gasteiger partial charge in [-0.25, -0.2) is 0 Å². The minimum absolute atomic E-state index is 0.783. The molecule has 3 fully saturated rings. The van der Waals surface area contributed by atoms with Gasteiger partial charge >= 0.3 is 0 Å². The van der Waals surface area contributed by atoms with Gasteiger partial charge in [0.25, 0.3) is 0 Å². The molecule has 2 heteroatoms. The Bertz CT molecular complexity index is 289. The summed E-state index contributed by atoms with van der Waals surface area (Å²) >= 11 is 0. The zero-order valence-electron chi connectivity index (χ0n) is 12.9. The smallest absolute Gasteiger partial charge is 0.0197 e. The lowest BCUT2D eigenvalue weighted by Gasteiger charge is -2.41. The lowest BCUT2D eigenvalue weighted by molar-refractivity contribution is 0.150. The van der Waals surface area contributed by atoms with Crippen LogP contribution in [-0.2, 0) is 0 Å². The van der Waals surface area contributed by atoms with E-state index in [9.17, 15) is 0 Å². The SMILES string of the molecule is CC(C)C1CCN(CC2CCC3CCCCC3N2)C1. The molecule has 2 nitrogen and oxygen atoms in total.